The third-order valence-electron chi connectivity index (χ3n) is 2.11. The van der Waals surface area contributed by atoms with E-state index >= 15 is 0 Å². The van der Waals surface area contributed by atoms with Crippen LogP contribution in [0.2, 0.25) is 0 Å². The summed E-state index contributed by atoms with van der Waals surface area (Å²) < 4.78 is 0. The number of nitrogen functional groups attached to an aromatic ring is 1. The van der Waals surface area contributed by atoms with Gasteiger partial charge in [-0.25, -0.2) is 15.8 Å². The first kappa shape index (κ1) is 8.90. The maximum absolute atomic E-state index is 5.36. The first-order valence-corrected chi connectivity index (χ1v) is 4.57. The van der Waals surface area contributed by atoms with Crippen LogP contribution in [0.5, 0.6) is 0 Å². The Kier molecular flexibility index (Phi) is 2.28. The van der Waals surface area contributed by atoms with Crippen molar-refractivity contribution in [3.63, 3.8) is 0 Å². The molecule has 0 fully saturated rings. The molecule has 2 aromatic rings. The third kappa shape index (κ3) is 1.40. The number of fused-ring (bicyclic) bond motifs is 1. The Morgan fingerprint density at radius 1 is 1.21 bits per heavy atom. The molecule has 0 aliphatic rings. The molecule has 1 heterocycles. The minimum atomic E-state index is 0.659. The molecule has 0 saturated heterocycles. The standard InChI is InChI=1S/C10H12N4/c1-2-7-10(14-11)13-9-6-4-3-5-8(9)12-7/h3-6H,2,11H2,1H3,(H,13,14). The van der Waals surface area contributed by atoms with E-state index in [1.807, 2.05) is 31.2 Å². The van der Waals surface area contributed by atoms with Crippen LogP contribution in [0, 0.1) is 0 Å². The number of para-hydroxylation sites is 2. The second-order valence-corrected chi connectivity index (χ2v) is 3.01. The Bertz CT molecular complexity index is 410. The predicted octanol–water partition coefficient (Wildman–Crippen LogP) is 1.48. The van der Waals surface area contributed by atoms with Crippen molar-refractivity contribution in [3.8, 4) is 0 Å². The van der Waals surface area contributed by atoms with Gasteiger partial charge in [-0.15, -0.1) is 0 Å². The molecule has 0 aliphatic carbocycles. The van der Waals surface area contributed by atoms with Gasteiger partial charge in [0.15, 0.2) is 5.82 Å². The SMILES string of the molecule is CCc1nc2ccccc2nc1NN. The number of anilines is 1. The van der Waals surface area contributed by atoms with Crippen LogP contribution in [-0.2, 0) is 6.42 Å². The maximum Gasteiger partial charge on any atom is 0.162 e. The Morgan fingerprint density at radius 2 is 1.86 bits per heavy atom. The number of hydrazine groups is 1. The number of nitrogens with two attached hydrogens (primary N) is 1. The highest BCUT2D eigenvalue weighted by Crippen LogP contribution is 2.15. The number of aryl methyl sites for hydroxylation is 1. The Labute approximate surface area is 82.1 Å². The number of benzene rings is 1. The Morgan fingerprint density at radius 3 is 2.43 bits per heavy atom. The molecule has 0 radical (unpaired) electrons. The van der Waals surface area contributed by atoms with E-state index in [-0.39, 0.29) is 0 Å². The maximum atomic E-state index is 5.36. The predicted molar refractivity (Wildman–Crippen MR) is 56.7 cm³/mol. The molecule has 2 rings (SSSR count). The molecule has 3 N–H and O–H groups in total. The van der Waals surface area contributed by atoms with Crippen molar-refractivity contribution in [1.29, 1.82) is 0 Å². The first-order valence-electron chi connectivity index (χ1n) is 4.57. The van der Waals surface area contributed by atoms with Gasteiger partial charge in [-0.05, 0) is 18.6 Å². The van der Waals surface area contributed by atoms with Gasteiger partial charge >= 0.3 is 0 Å². The second kappa shape index (κ2) is 3.59. The molecule has 4 nitrogen and oxygen atoms in total. The van der Waals surface area contributed by atoms with E-state index in [2.05, 4.69) is 15.4 Å². The summed E-state index contributed by atoms with van der Waals surface area (Å²) in [5.41, 5.74) is 5.22. The normalized spacial score (nSPS) is 10.4. The van der Waals surface area contributed by atoms with Crippen LogP contribution in [0.3, 0.4) is 0 Å². The summed E-state index contributed by atoms with van der Waals surface area (Å²) in [6.45, 7) is 2.03. The van der Waals surface area contributed by atoms with Gasteiger partial charge in [-0.1, -0.05) is 19.1 Å². The van der Waals surface area contributed by atoms with Crippen molar-refractivity contribution in [2.45, 2.75) is 13.3 Å². The summed E-state index contributed by atoms with van der Waals surface area (Å²) in [7, 11) is 0. The lowest BCUT2D eigenvalue weighted by Crippen LogP contribution is -2.12. The van der Waals surface area contributed by atoms with Gasteiger partial charge in [-0.2, -0.15) is 0 Å². The van der Waals surface area contributed by atoms with Gasteiger partial charge in [0.05, 0.1) is 16.7 Å². The third-order valence-corrected chi connectivity index (χ3v) is 2.11. The molecule has 1 aromatic heterocycles. The van der Waals surface area contributed by atoms with Crippen molar-refractivity contribution >= 4 is 16.9 Å². The molecular weight excluding hydrogens is 176 g/mol. The molecule has 0 atom stereocenters. The summed E-state index contributed by atoms with van der Waals surface area (Å²) in [5, 5.41) is 0. The number of rotatable bonds is 2. The van der Waals surface area contributed by atoms with Crippen molar-refractivity contribution in [1.82, 2.24) is 9.97 Å². The fraction of sp³-hybridized carbons (Fsp3) is 0.200. The van der Waals surface area contributed by atoms with Gasteiger partial charge < -0.3 is 5.43 Å². The molecule has 0 amide bonds. The number of hydrogen-bond donors (Lipinski definition) is 2. The Hall–Kier alpha value is -1.68. The molecular formula is C10H12N4. The van der Waals surface area contributed by atoms with E-state index in [4.69, 9.17) is 5.84 Å². The molecule has 4 heteroatoms. The summed E-state index contributed by atoms with van der Waals surface area (Å²) in [4.78, 5) is 8.83. The van der Waals surface area contributed by atoms with Crippen molar-refractivity contribution < 1.29 is 0 Å². The van der Waals surface area contributed by atoms with Gasteiger partial charge in [0, 0.05) is 0 Å². The van der Waals surface area contributed by atoms with Crippen molar-refractivity contribution in [2.24, 2.45) is 5.84 Å². The fourth-order valence-corrected chi connectivity index (χ4v) is 1.40. The molecule has 0 bridgehead atoms. The molecule has 0 unspecified atom stereocenters. The van der Waals surface area contributed by atoms with Crippen LogP contribution < -0.4 is 11.3 Å². The van der Waals surface area contributed by atoms with E-state index in [0.717, 1.165) is 23.1 Å². The molecule has 1 aromatic carbocycles. The number of nitrogens with one attached hydrogen (secondary N) is 1. The van der Waals surface area contributed by atoms with E-state index in [0.29, 0.717) is 5.82 Å². The van der Waals surface area contributed by atoms with Crippen molar-refractivity contribution in [3.05, 3.63) is 30.0 Å². The largest absolute Gasteiger partial charge is 0.307 e. The summed E-state index contributed by atoms with van der Waals surface area (Å²) >= 11 is 0. The minimum absolute atomic E-state index is 0.659. The second-order valence-electron chi connectivity index (χ2n) is 3.01. The van der Waals surface area contributed by atoms with E-state index in [9.17, 15) is 0 Å². The lowest BCUT2D eigenvalue weighted by molar-refractivity contribution is 1.02. The zero-order chi connectivity index (χ0) is 9.97. The molecule has 14 heavy (non-hydrogen) atoms. The number of hydrogen-bond acceptors (Lipinski definition) is 4. The van der Waals surface area contributed by atoms with Gasteiger partial charge in [-0.3, -0.25) is 0 Å². The summed E-state index contributed by atoms with van der Waals surface area (Å²) in [6, 6.07) is 7.75. The van der Waals surface area contributed by atoms with E-state index < -0.39 is 0 Å². The Balaban J connectivity index is 2.69. The lowest BCUT2D eigenvalue weighted by atomic mass is 10.2. The topological polar surface area (TPSA) is 63.8 Å². The zero-order valence-corrected chi connectivity index (χ0v) is 7.99. The highest BCUT2D eigenvalue weighted by atomic mass is 15.3. The highest BCUT2D eigenvalue weighted by Gasteiger charge is 2.04. The van der Waals surface area contributed by atoms with E-state index in [1.54, 1.807) is 0 Å². The number of nitrogens with zero attached hydrogens (tertiary/aromatic N) is 2. The van der Waals surface area contributed by atoms with Crippen LogP contribution >= 0.6 is 0 Å². The average molecular weight is 188 g/mol. The van der Waals surface area contributed by atoms with Crippen LogP contribution in [0.1, 0.15) is 12.6 Å². The van der Waals surface area contributed by atoms with Gasteiger partial charge in [0.1, 0.15) is 0 Å². The van der Waals surface area contributed by atoms with Crippen LogP contribution in [-0.4, -0.2) is 9.97 Å². The lowest BCUT2D eigenvalue weighted by Gasteiger charge is -2.06. The average Bonchev–Trinajstić information content (AvgIpc) is 2.27. The quantitative estimate of drug-likeness (QED) is 0.553. The van der Waals surface area contributed by atoms with Crippen LogP contribution in [0.15, 0.2) is 24.3 Å². The molecule has 0 aliphatic heterocycles. The van der Waals surface area contributed by atoms with Gasteiger partial charge in [0.2, 0.25) is 0 Å². The minimum Gasteiger partial charge on any atom is -0.307 e. The molecule has 0 saturated carbocycles. The number of aromatic nitrogens is 2. The molecule has 72 valence electrons. The highest BCUT2D eigenvalue weighted by molar-refractivity contribution is 5.76. The first-order chi connectivity index (χ1) is 6.85. The smallest absolute Gasteiger partial charge is 0.162 e. The van der Waals surface area contributed by atoms with Gasteiger partial charge in [0.25, 0.3) is 0 Å². The van der Waals surface area contributed by atoms with Crippen LogP contribution in [0.4, 0.5) is 5.82 Å². The van der Waals surface area contributed by atoms with Crippen molar-refractivity contribution in [2.75, 3.05) is 5.43 Å². The fourth-order valence-electron chi connectivity index (χ4n) is 1.40. The molecule has 0 spiro atoms. The summed E-state index contributed by atoms with van der Waals surface area (Å²) in [5.74, 6) is 6.02. The monoisotopic (exact) mass is 188 g/mol. The van der Waals surface area contributed by atoms with Crippen LogP contribution in [0.25, 0.3) is 11.0 Å². The zero-order valence-electron chi connectivity index (χ0n) is 7.99. The van der Waals surface area contributed by atoms with E-state index in [1.165, 1.54) is 0 Å². The summed E-state index contributed by atoms with van der Waals surface area (Å²) in [6.07, 6.45) is 0.817.